The van der Waals surface area contributed by atoms with Gasteiger partial charge in [0.15, 0.2) is 0 Å². The van der Waals surface area contributed by atoms with E-state index in [1.165, 1.54) is 37.2 Å². The minimum Gasteiger partial charge on any atom is -0.382 e. The van der Waals surface area contributed by atoms with Crippen LogP contribution in [0.2, 0.25) is 0 Å². The van der Waals surface area contributed by atoms with Crippen LogP contribution in [0, 0.1) is 0 Å². The van der Waals surface area contributed by atoms with Crippen molar-refractivity contribution in [2.45, 2.75) is 32.6 Å². The van der Waals surface area contributed by atoms with Gasteiger partial charge in [-0.25, -0.2) is 0 Å². The van der Waals surface area contributed by atoms with Gasteiger partial charge in [0.05, 0.1) is 5.56 Å². The molecule has 0 saturated heterocycles. The Labute approximate surface area is 118 Å². The molecule has 0 atom stereocenters. The molecule has 0 unspecified atom stereocenters. The molecule has 19 heavy (non-hydrogen) atoms. The number of rotatable bonds is 7. The standard InChI is InChI=1S/C14H20N4S/c1-2-3-4-5-9-17-14-12(13(15)18-19-14)11-7-6-8-16-10-11/h6-8,10,17H,2-5,9H2,1H3,(H2,15,18). The lowest BCUT2D eigenvalue weighted by Gasteiger charge is -2.06. The molecule has 0 fully saturated rings. The highest BCUT2D eigenvalue weighted by atomic mass is 32.1. The number of hydrogen-bond acceptors (Lipinski definition) is 5. The van der Waals surface area contributed by atoms with Gasteiger partial charge in [-0.3, -0.25) is 4.98 Å². The van der Waals surface area contributed by atoms with Gasteiger partial charge in [-0.2, -0.15) is 4.37 Å². The van der Waals surface area contributed by atoms with Crippen molar-refractivity contribution in [3.63, 3.8) is 0 Å². The summed E-state index contributed by atoms with van der Waals surface area (Å²) in [6, 6.07) is 3.92. The summed E-state index contributed by atoms with van der Waals surface area (Å²) in [6.45, 7) is 3.19. The molecule has 0 spiro atoms. The molecular weight excluding hydrogens is 256 g/mol. The van der Waals surface area contributed by atoms with Crippen LogP contribution in [-0.4, -0.2) is 15.9 Å². The Morgan fingerprint density at radius 3 is 2.95 bits per heavy atom. The number of hydrogen-bond donors (Lipinski definition) is 2. The summed E-state index contributed by atoms with van der Waals surface area (Å²) in [5, 5.41) is 4.48. The fourth-order valence-corrected chi connectivity index (χ4v) is 2.73. The fraction of sp³-hybridized carbons (Fsp3) is 0.429. The maximum Gasteiger partial charge on any atom is 0.147 e. The normalized spacial score (nSPS) is 10.6. The van der Waals surface area contributed by atoms with Crippen LogP contribution in [0.4, 0.5) is 10.8 Å². The minimum absolute atomic E-state index is 0.578. The summed E-state index contributed by atoms with van der Waals surface area (Å²) in [7, 11) is 0. The fourth-order valence-electron chi connectivity index (χ4n) is 1.97. The summed E-state index contributed by atoms with van der Waals surface area (Å²) in [5.74, 6) is 0.578. The van der Waals surface area contributed by atoms with Crippen molar-refractivity contribution in [1.82, 2.24) is 9.36 Å². The second kappa shape index (κ2) is 7.09. The summed E-state index contributed by atoms with van der Waals surface area (Å²) >= 11 is 1.42. The lowest BCUT2D eigenvalue weighted by Crippen LogP contribution is -2.01. The molecule has 0 aliphatic rings. The molecule has 102 valence electrons. The Bertz CT molecular complexity index is 495. The second-order valence-corrected chi connectivity index (χ2v) is 5.27. The van der Waals surface area contributed by atoms with E-state index in [9.17, 15) is 0 Å². The maximum atomic E-state index is 5.96. The third kappa shape index (κ3) is 3.67. The van der Waals surface area contributed by atoms with Gasteiger partial charge in [0.2, 0.25) is 0 Å². The van der Waals surface area contributed by atoms with Gasteiger partial charge < -0.3 is 11.1 Å². The lowest BCUT2D eigenvalue weighted by molar-refractivity contribution is 0.685. The molecule has 0 aliphatic carbocycles. The van der Waals surface area contributed by atoms with Crippen molar-refractivity contribution in [2.24, 2.45) is 0 Å². The number of aromatic nitrogens is 2. The van der Waals surface area contributed by atoms with Gasteiger partial charge in [0, 0.05) is 24.5 Å². The van der Waals surface area contributed by atoms with E-state index in [1.54, 1.807) is 6.20 Å². The van der Waals surface area contributed by atoms with Crippen molar-refractivity contribution < 1.29 is 0 Å². The first-order valence-corrected chi connectivity index (χ1v) is 7.49. The zero-order chi connectivity index (χ0) is 13.5. The van der Waals surface area contributed by atoms with Gasteiger partial charge in [-0.15, -0.1) is 0 Å². The van der Waals surface area contributed by atoms with Gasteiger partial charge in [-0.1, -0.05) is 32.3 Å². The molecule has 0 saturated carbocycles. The lowest BCUT2D eigenvalue weighted by atomic mass is 10.1. The van der Waals surface area contributed by atoms with Crippen LogP contribution < -0.4 is 11.1 Å². The van der Waals surface area contributed by atoms with Crippen molar-refractivity contribution in [1.29, 1.82) is 0 Å². The number of nitrogens with zero attached hydrogens (tertiary/aromatic N) is 2. The van der Waals surface area contributed by atoms with Crippen molar-refractivity contribution in [3.8, 4) is 11.1 Å². The minimum atomic E-state index is 0.578. The molecule has 2 rings (SSSR count). The Hall–Kier alpha value is -1.62. The summed E-state index contributed by atoms with van der Waals surface area (Å²) in [6.07, 6.45) is 8.58. The number of unbranched alkanes of at least 4 members (excludes halogenated alkanes) is 3. The van der Waals surface area contributed by atoms with Crippen molar-refractivity contribution >= 4 is 22.4 Å². The van der Waals surface area contributed by atoms with Crippen LogP contribution in [0.1, 0.15) is 32.6 Å². The number of anilines is 2. The van der Waals surface area contributed by atoms with E-state index in [0.717, 1.165) is 22.7 Å². The number of pyridine rings is 1. The average molecular weight is 276 g/mol. The third-order valence-electron chi connectivity index (χ3n) is 2.98. The molecule has 0 bridgehead atoms. The molecule has 0 radical (unpaired) electrons. The van der Waals surface area contributed by atoms with Gasteiger partial charge in [-0.05, 0) is 24.0 Å². The Morgan fingerprint density at radius 1 is 1.32 bits per heavy atom. The zero-order valence-corrected chi connectivity index (χ0v) is 12.0. The van der Waals surface area contributed by atoms with E-state index in [4.69, 9.17) is 5.73 Å². The summed E-state index contributed by atoms with van der Waals surface area (Å²) < 4.78 is 4.24. The molecule has 4 nitrogen and oxygen atoms in total. The first kappa shape index (κ1) is 13.8. The largest absolute Gasteiger partial charge is 0.382 e. The van der Waals surface area contributed by atoms with Crippen molar-refractivity contribution in [2.75, 3.05) is 17.6 Å². The highest BCUT2D eigenvalue weighted by molar-refractivity contribution is 7.11. The highest BCUT2D eigenvalue weighted by Crippen LogP contribution is 2.36. The maximum absolute atomic E-state index is 5.96. The Balaban J connectivity index is 2.02. The molecule has 0 aliphatic heterocycles. The molecule has 0 aromatic carbocycles. The number of nitrogens with one attached hydrogen (secondary N) is 1. The monoisotopic (exact) mass is 276 g/mol. The Morgan fingerprint density at radius 2 is 2.21 bits per heavy atom. The van der Waals surface area contributed by atoms with E-state index in [-0.39, 0.29) is 0 Å². The quantitative estimate of drug-likeness (QED) is 0.755. The van der Waals surface area contributed by atoms with Crippen LogP contribution >= 0.6 is 11.5 Å². The van der Waals surface area contributed by atoms with E-state index >= 15 is 0 Å². The Kier molecular flexibility index (Phi) is 5.15. The van der Waals surface area contributed by atoms with Crippen LogP contribution in [0.5, 0.6) is 0 Å². The van der Waals surface area contributed by atoms with Gasteiger partial charge >= 0.3 is 0 Å². The number of nitrogen functional groups attached to an aromatic ring is 1. The van der Waals surface area contributed by atoms with Crippen LogP contribution in [-0.2, 0) is 0 Å². The second-order valence-electron chi connectivity index (χ2n) is 4.50. The molecule has 3 N–H and O–H groups in total. The van der Waals surface area contributed by atoms with Crippen LogP contribution in [0.25, 0.3) is 11.1 Å². The first-order valence-electron chi connectivity index (χ1n) is 6.72. The van der Waals surface area contributed by atoms with E-state index in [2.05, 4.69) is 21.6 Å². The van der Waals surface area contributed by atoms with Crippen LogP contribution in [0.3, 0.4) is 0 Å². The summed E-state index contributed by atoms with van der Waals surface area (Å²) in [4.78, 5) is 4.14. The predicted molar refractivity (Wildman–Crippen MR) is 82.4 cm³/mol. The molecule has 2 aromatic heterocycles. The third-order valence-corrected chi connectivity index (χ3v) is 3.80. The molecule has 2 heterocycles. The number of nitrogens with two attached hydrogens (primary N) is 1. The van der Waals surface area contributed by atoms with E-state index in [0.29, 0.717) is 5.82 Å². The topological polar surface area (TPSA) is 63.8 Å². The van der Waals surface area contributed by atoms with Crippen LogP contribution in [0.15, 0.2) is 24.5 Å². The van der Waals surface area contributed by atoms with E-state index in [1.807, 2.05) is 18.3 Å². The first-order chi connectivity index (χ1) is 9.33. The van der Waals surface area contributed by atoms with E-state index < -0.39 is 0 Å². The molecule has 0 amide bonds. The zero-order valence-electron chi connectivity index (χ0n) is 11.2. The molecule has 2 aromatic rings. The average Bonchev–Trinajstić information content (AvgIpc) is 2.81. The summed E-state index contributed by atoms with van der Waals surface area (Å²) in [5.41, 5.74) is 7.96. The molecule has 5 heteroatoms. The SMILES string of the molecule is CCCCCCNc1snc(N)c1-c1cccnc1. The van der Waals surface area contributed by atoms with Gasteiger partial charge in [0.1, 0.15) is 10.8 Å². The smallest absolute Gasteiger partial charge is 0.147 e. The molecular formula is C14H20N4S. The predicted octanol–water partition coefficient (Wildman–Crippen LogP) is 3.78. The van der Waals surface area contributed by atoms with Gasteiger partial charge in [0.25, 0.3) is 0 Å². The highest BCUT2D eigenvalue weighted by Gasteiger charge is 2.13. The van der Waals surface area contributed by atoms with Crippen molar-refractivity contribution in [3.05, 3.63) is 24.5 Å².